The molecule has 0 amide bonds. The Bertz CT molecular complexity index is 1540. The molecule has 0 aromatic carbocycles. The smallest absolute Gasteiger partial charge is 0.306 e. The van der Waals surface area contributed by atoms with Gasteiger partial charge in [-0.05, 0) is 109 Å². The van der Waals surface area contributed by atoms with Gasteiger partial charge in [0.15, 0.2) is 6.10 Å². The van der Waals surface area contributed by atoms with Gasteiger partial charge in [-0.25, -0.2) is 0 Å². The fraction of sp³-hybridized carbons (Fsp3) is 0.700. The lowest BCUT2D eigenvalue weighted by Gasteiger charge is -2.18. The number of carbonyl (C=O) groups is 3. The molecule has 1 unspecified atom stereocenters. The van der Waals surface area contributed by atoms with Crippen molar-refractivity contribution in [3.8, 4) is 0 Å². The molecule has 0 radical (unpaired) electrons. The fourth-order valence-electron chi connectivity index (χ4n) is 8.75. The van der Waals surface area contributed by atoms with Crippen LogP contribution in [0.3, 0.4) is 0 Å². The zero-order valence-corrected chi connectivity index (χ0v) is 49.7. The summed E-state index contributed by atoms with van der Waals surface area (Å²) >= 11 is 0. The van der Waals surface area contributed by atoms with Crippen LogP contribution in [-0.4, -0.2) is 37.2 Å². The van der Waals surface area contributed by atoms with E-state index in [2.05, 4.69) is 130 Å². The molecule has 0 aliphatic rings. The van der Waals surface area contributed by atoms with Crippen LogP contribution in [0, 0.1) is 0 Å². The Morgan fingerprint density at radius 3 is 0.816 bits per heavy atom. The van der Waals surface area contributed by atoms with E-state index in [1.54, 1.807) is 0 Å². The Labute approximate surface area is 470 Å². The van der Waals surface area contributed by atoms with E-state index in [1.807, 2.05) is 0 Å². The van der Waals surface area contributed by atoms with Crippen molar-refractivity contribution in [2.45, 2.75) is 303 Å². The highest BCUT2D eigenvalue weighted by molar-refractivity contribution is 5.71. The quantitative estimate of drug-likeness (QED) is 0.0261. The maximum atomic E-state index is 12.9. The lowest BCUT2D eigenvalue weighted by atomic mass is 10.0. The molecule has 0 saturated heterocycles. The molecule has 0 saturated carbocycles. The van der Waals surface area contributed by atoms with E-state index in [1.165, 1.54) is 109 Å². The van der Waals surface area contributed by atoms with Gasteiger partial charge in [-0.2, -0.15) is 0 Å². The number of unbranched alkanes of at least 4 members (excludes halogenated alkanes) is 28. The second-order valence-electron chi connectivity index (χ2n) is 20.9. The third-order valence-electron chi connectivity index (χ3n) is 13.5. The molecule has 0 bridgehead atoms. The second-order valence-corrected chi connectivity index (χ2v) is 20.9. The number of esters is 3. The summed E-state index contributed by atoms with van der Waals surface area (Å²) in [5.74, 6) is -0.914. The van der Waals surface area contributed by atoms with Gasteiger partial charge in [-0.3, -0.25) is 14.4 Å². The molecule has 1 atom stereocenters. The van der Waals surface area contributed by atoms with Crippen LogP contribution in [0.1, 0.15) is 297 Å². The Balaban J connectivity index is 4.40. The molecule has 6 heteroatoms. The molecule has 0 aliphatic carbocycles. The third kappa shape index (κ3) is 60.9. The van der Waals surface area contributed by atoms with Crippen molar-refractivity contribution in [1.29, 1.82) is 0 Å². The van der Waals surface area contributed by atoms with E-state index in [-0.39, 0.29) is 31.1 Å². The largest absolute Gasteiger partial charge is 0.462 e. The molecule has 6 nitrogen and oxygen atoms in total. The van der Waals surface area contributed by atoms with Crippen LogP contribution in [0.4, 0.5) is 0 Å². The van der Waals surface area contributed by atoms with Crippen molar-refractivity contribution >= 4 is 17.9 Å². The summed E-state index contributed by atoms with van der Waals surface area (Å²) < 4.78 is 16.9. The lowest BCUT2D eigenvalue weighted by molar-refractivity contribution is -0.167. The van der Waals surface area contributed by atoms with Gasteiger partial charge in [0.25, 0.3) is 0 Å². The number of allylic oxidation sites excluding steroid dienone is 18. The first-order valence-corrected chi connectivity index (χ1v) is 31.9. The highest BCUT2D eigenvalue weighted by Crippen LogP contribution is 2.16. The van der Waals surface area contributed by atoms with Gasteiger partial charge in [-0.1, -0.05) is 278 Å². The van der Waals surface area contributed by atoms with Gasteiger partial charge in [0.2, 0.25) is 0 Å². The molecule has 0 spiro atoms. The fourth-order valence-corrected chi connectivity index (χ4v) is 8.75. The van der Waals surface area contributed by atoms with E-state index >= 15 is 0 Å². The monoisotopic (exact) mass is 1050 g/mol. The van der Waals surface area contributed by atoms with E-state index in [9.17, 15) is 14.4 Å². The maximum absolute atomic E-state index is 12.9. The van der Waals surface area contributed by atoms with E-state index in [0.29, 0.717) is 19.3 Å². The Morgan fingerprint density at radius 1 is 0.276 bits per heavy atom. The number of carbonyl (C=O) groups excluding carboxylic acids is 3. The van der Waals surface area contributed by atoms with Gasteiger partial charge >= 0.3 is 17.9 Å². The molecule has 0 aliphatic heterocycles. The molecule has 0 aromatic rings. The number of rotatable bonds is 57. The van der Waals surface area contributed by atoms with Crippen LogP contribution in [0.5, 0.6) is 0 Å². The SMILES string of the molecule is CC/C=C\C/C=C\C/C=C\C/C=C\C/C=C\C/C=C\C/C=C\CCCCCCCC(=O)OCC(COC(=O)CCCCCCCCCCCCCCCCC)OC(=O)CCCCCCC/C=C\C/C=C\CCCCCC. The van der Waals surface area contributed by atoms with Crippen molar-refractivity contribution in [2.75, 3.05) is 13.2 Å². The first-order valence-electron chi connectivity index (χ1n) is 31.9. The Morgan fingerprint density at radius 2 is 0.513 bits per heavy atom. The van der Waals surface area contributed by atoms with E-state index in [0.717, 1.165) is 148 Å². The zero-order chi connectivity index (χ0) is 55.0. The molecule has 0 N–H and O–H groups in total. The Kier molecular flexibility index (Phi) is 60.3. The average Bonchev–Trinajstić information content (AvgIpc) is 3.42. The number of hydrogen-bond donors (Lipinski definition) is 0. The predicted octanol–water partition coefficient (Wildman–Crippen LogP) is 21.8. The van der Waals surface area contributed by atoms with Gasteiger partial charge in [0, 0.05) is 19.3 Å². The van der Waals surface area contributed by atoms with Crippen LogP contribution in [0.2, 0.25) is 0 Å². The van der Waals surface area contributed by atoms with Crippen LogP contribution < -0.4 is 0 Å². The molecule has 0 rings (SSSR count). The summed E-state index contributed by atoms with van der Waals surface area (Å²) in [6.07, 6.45) is 86.5. The summed E-state index contributed by atoms with van der Waals surface area (Å²) in [6.45, 7) is 6.50. The minimum Gasteiger partial charge on any atom is -0.462 e. The molecule has 0 aromatic heterocycles. The van der Waals surface area contributed by atoms with Crippen molar-refractivity contribution in [3.05, 3.63) is 109 Å². The van der Waals surface area contributed by atoms with E-state index < -0.39 is 6.10 Å². The third-order valence-corrected chi connectivity index (χ3v) is 13.5. The van der Waals surface area contributed by atoms with Crippen LogP contribution in [0.15, 0.2) is 109 Å². The highest BCUT2D eigenvalue weighted by atomic mass is 16.6. The molecular formula is C70H118O6. The normalized spacial score (nSPS) is 12.8. The van der Waals surface area contributed by atoms with Crippen LogP contribution in [-0.2, 0) is 28.6 Å². The minimum atomic E-state index is -0.795. The first kappa shape index (κ1) is 72.1. The van der Waals surface area contributed by atoms with Crippen molar-refractivity contribution < 1.29 is 28.6 Å². The van der Waals surface area contributed by atoms with Gasteiger partial charge in [0.1, 0.15) is 13.2 Å². The van der Waals surface area contributed by atoms with Crippen molar-refractivity contribution in [1.82, 2.24) is 0 Å². The molecule has 0 heterocycles. The topological polar surface area (TPSA) is 78.9 Å². The van der Waals surface area contributed by atoms with E-state index in [4.69, 9.17) is 14.2 Å². The molecule has 434 valence electrons. The summed E-state index contributed by atoms with van der Waals surface area (Å²) in [5, 5.41) is 0. The highest BCUT2D eigenvalue weighted by Gasteiger charge is 2.19. The maximum Gasteiger partial charge on any atom is 0.306 e. The molecule has 76 heavy (non-hydrogen) atoms. The summed E-state index contributed by atoms with van der Waals surface area (Å²) in [5.41, 5.74) is 0. The van der Waals surface area contributed by atoms with Gasteiger partial charge in [0.05, 0.1) is 0 Å². The van der Waals surface area contributed by atoms with Gasteiger partial charge in [-0.15, -0.1) is 0 Å². The zero-order valence-electron chi connectivity index (χ0n) is 49.7. The summed E-state index contributed by atoms with van der Waals surface area (Å²) in [6, 6.07) is 0. The van der Waals surface area contributed by atoms with Crippen LogP contribution in [0.25, 0.3) is 0 Å². The average molecular weight is 1060 g/mol. The molecule has 0 fully saturated rings. The second kappa shape index (κ2) is 63.6. The van der Waals surface area contributed by atoms with Crippen molar-refractivity contribution in [2.24, 2.45) is 0 Å². The first-order chi connectivity index (χ1) is 37.5. The molecular weight excluding hydrogens is 937 g/mol. The Hall–Kier alpha value is -3.93. The predicted molar refractivity (Wildman–Crippen MR) is 330 cm³/mol. The summed E-state index contributed by atoms with van der Waals surface area (Å²) in [7, 11) is 0. The minimum absolute atomic E-state index is 0.0886. The van der Waals surface area contributed by atoms with Crippen molar-refractivity contribution in [3.63, 3.8) is 0 Å². The lowest BCUT2D eigenvalue weighted by Crippen LogP contribution is -2.30. The van der Waals surface area contributed by atoms with Crippen LogP contribution >= 0.6 is 0 Å². The standard InChI is InChI=1S/C70H118O6/c1-4-7-10-13-16-19-22-25-28-30-31-32-33-34-35-36-37-38-39-40-43-45-48-51-54-57-60-63-69(72)75-66-67(65-74-68(71)62-59-56-53-50-47-44-41-27-24-21-18-15-12-9-6-3)76-70(73)64-61-58-55-52-49-46-42-29-26-23-20-17-14-11-8-5-2/h7,10,16,19-20,23,25,28-29,31-32,34-35,37-38,40,42-43,67H,4-6,8-9,11-15,17-18,21-22,24,26-27,30,33,36,39,41,44-66H2,1-3H3/b10-7-,19-16-,23-20-,28-25-,32-31-,35-34-,38-37-,42-29-,43-40-. The number of hydrogen-bond acceptors (Lipinski definition) is 6. The number of ether oxygens (including phenoxy) is 3. The summed E-state index contributed by atoms with van der Waals surface area (Å²) in [4.78, 5) is 38.3. The van der Waals surface area contributed by atoms with Gasteiger partial charge < -0.3 is 14.2 Å².